The second-order valence-electron chi connectivity index (χ2n) is 5.57. The first-order chi connectivity index (χ1) is 9.40. The largest absolute Gasteiger partial charge is 0.497 e. The fourth-order valence-corrected chi connectivity index (χ4v) is 1.91. The fraction of sp³-hybridized carbons (Fsp3) is 0.438. The van der Waals surface area contributed by atoms with Crippen molar-refractivity contribution in [1.82, 2.24) is 0 Å². The highest BCUT2D eigenvalue weighted by Crippen LogP contribution is 2.11. The Bertz CT molecular complexity index is 489. The summed E-state index contributed by atoms with van der Waals surface area (Å²) < 4.78 is 10.6. The molecule has 0 aliphatic carbocycles. The van der Waals surface area contributed by atoms with Gasteiger partial charge >= 0.3 is 0 Å². The maximum atomic E-state index is 11.5. The Morgan fingerprint density at radius 3 is 2.40 bits per heavy atom. The van der Waals surface area contributed by atoms with E-state index in [2.05, 4.69) is 31.1 Å². The highest BCUT2D eigenvalue weighted by atomic mass is 28.3. The molecule has 0 saturated carbocycles. The van der Waals surface area contributed by atoms with Crippen molar-refractivity contribution in [1.29, 1.82) is 0 Å². The molecule has 1 aromatic carbocycles. The van der Waals surface area contributed by atoms with Gasteiger partial charge in [-0.05, 0) is 23.6 Å². The first-order valence-corrected chi connectivity index (χ1v) is 10.2. The normalized spacial score (nSPS) is 10.6. The molecule has 0 aliphatic heterocycles. The number of Topliss-reactive ketones (excluding diaryl/α,β-unsaturated/α-hetero) is 1. The number of carbonyl (C=O) groups is 1. The van der Waals surface area contributed by atoms with Gasteiger partial charge in [0.15, 0.2) is 0 Å². The standard InChI is InChI=1S/C16H22O3Si/c1-18-16-7-5-14(6-8-16)13-19-11-9-15(17)10-12-20(2,3)4/h5-8H,9,11,13H2,1-4H3. The van der Waals surface area contributed by atoms with Gasteiger partial charge in [-0.15, -0.1) is 5.54 Å². The summed E-state index contributed by atoms with van der Waals surface area (Å²) >= 11 is 0. The van der Waals surface area contributed by atoms with Crippen LogP contribution in [-0.2, 0) is 16.1 Å². The van der Waals surface area contributed by atoms with Crippen LogP contribution in [0.2, 0.25) is 19.6 Å². The van der Waals surface area contributed by atoms with Crippen LogP contribution in [0.1, 0.15) is 12.0 Å². The molecule has 0 spiro atoms. The number of hydrogen-bond acceptors (Lipinski definition) is 3. The summed E-state index contributed by atoms with van der Waals surface area (Å²) in [6.45, 7) is 7.26. The predicted octanol–water partition coefficient (Wildman–Crippen LogP) is 3.05. The fourth-order valence-electron chi connectivity index (χ4n) is 1.40. The van der Waals surface area contributed by atoms with Crippen molar-refractivity contribution in [2.75, 3.05) is 13.7 Å². The van der Waals surface area contributed by atoms with Crippen molar-refractivity contribution in [2.24, 2.45) is 0 Å². The number of carbonyl (C=O) groups excluding carboxylic acids is 1. The second-order valence-corrected chi connectivity index (χ2v) is 10.3. The Hall–Kier alpha value is -1.57. The van der Waals surface area contributed by atoms with Gasteiger partial charge in [-0.25, -0.2) is 0 Å². The van der Waals surface area contributed by atoms with Crippen LogP contribution in [0.3, 0.4) is 0 Å². The number of hydrogen-bond donors (Lipinski definition) is 0. The summed E-state index contributed by atoms with van der Waals surface area (Å²) in [6.07, 6.45) is 0.355. The average Bonchev–Trinajstić information content (AvgIpc) is 2.41. The zero-order chi connectivity index (χ0) is 15.0. The summed E-state index contributed by atoms with van der Waals surface area (Å²) in [5.41, 5.74) is 4.12. The van der Waals surface area contributed by atoms with E-state index in [1.54, 1.807) is 7.11 Å². The van der Waals surface area contributed by atoms with E-state index in [9.17, 15) is 4.79 Å². The first-order valence-electron chi connectivity index (χ1n) is 6.67. The summed E-state index contributed by atoms with van der Waals surface area (Å²) in [5, 5.41) is 0. The van der Waals surface area contributed by atoms with Gasteiger partial charge in [-0.2, -0.15) is 0 Å². The lowest BCUT2D eigenvalue weighted by molar-refractivity contribution is -0.114. The van der Waals surface area contributed by atoms with Crippen molar-refractivity contribution in [2.45, 2.75) is 32.7 Å². The summed E-state index contributed by atoms with van der Waals surface area (Å²) in [6, 6.07) is 7.68. The van der Waals surface area contributed by atoms with E-state index in [0.717, 1.165) is 11.3 Å². The minimum Gasteiger partial charge on any atom is -0.497 e. The Morgan fingerprint density at radius 2 is 1.85 bits per heavy atom. The van der Waals surface area contributed by atoms with E-state index < -0.39 is 8.07 Å². The van der Waals surface area contributed by atoms with Gasteiger partial charge < -0.3 is 9.47 Å². The van der Waals surface area contributed by atoms with E-state index in [0.29, 0.717) is 19.6 Å². The number of methoxy groups -OCH3 is 1. The van der Waals surface area contributed by atoms with Crippen molar-refractivity contribution < 1.29 is 14.3 Å². The second kappa shape index (κ2) is 7.88. The third-order valence-corrected chi connectivity index (χ3v) is 3.35. The first kappa shape index (κ1) is 16.5. The smallest absolute Gasteiger partial charge is 0.207 e. The third-order valence-electron chi connectivity index (χ3n) is 2.48. The Kier molecular flexibility index (Phi) is 6.49. The van der Waals surface area contributed by atoms with Crippen LogP contribution in [0.5, 0.6) is 5.75 Å². The molecule has 0 bridgehead atoms. The molecule has 0 aromatic heterocycles. The average molecular weight is 290 g/mol. The molecule has 20 heavy (non-hydrogen) atoms. The molecular formula is C16H22O3Si. The van der Waals surface area contributed by atoms with E-state index in [1.807, 2.05) is 24.3 Å². The Morgan fingerprint density at radius 1 is 1.20 bits per heavy atom. The molecule has 0 atom stereocenters. The lowest BCUT2D eigenvalue weighted by atomic mass is 10.2. The van der Waals surface area contributed by atoms with Crippen LogP contribution in [0.15, 0.2) is 24.3 Å². The quantitative estimate of drug-likeness (QED) is 0.459. The van der Waals surface area contributed by atoms with Gasteiger partial charge in [0, 0.05) is 6.42 Å². The molecular weight excluding hydrogens is 268 g/mol. The molecule has 4 heteroatoms. The molecule has 1 aromatic rings. The van der Waals surface area contributed by atoms with Gasteiger partial charge in [-0.1, -0.05) is 31.8 Å². The molecule has 0 fully saturated rings. The van der Waals surface area contributed by atoms with Gasteiger partial charge in [0.1, 0.15) is 13.8 Å². The van der Waals surface area contributed by atoms with Crippen LogP contribution >= 0.6 is 0 Å². The van der Waals surface area contributed by atoms with E-state index in [4.69, 9.17) is 9.47 Å². The maximum Gasteiger partial charge on any atom is 0.207 e. The maximum absolute atomic E-state index is 11.5. The van der Waals surface area contributed by atoms with Crippen LogP contribution in [0.25, 0.3) is 0 Å². The van der Waals surface area contributed by atoms with Crippen LogP contribution in [0, 0.1) is 11.5 Å². The number of ether oxygens (including phenoxy) is 2. The zero-order valence-corrected chi connectivity index (χ0v) is 13.7. The topological polar surface area (TPSA) is 35.5 Å². The van der Waals surface area contributed by atoms with E-state index in [1.165, 1.54) is 0 Å². The molecule has 108 valence electrons. The van der Waals surface area contributed by atoms with Gasteiger partial charge in [0.05, 0.1) is 20.3 Å². The molecule has 0 aliphatic rings. The van der Waals surface area contributed by atoms with Crippen LogP contribution in [-0.4, -0.2) is 27.6 Å². The molecule has 0 saturated heterocycles. The van der Waals surface area contributed by atoms with Gasteiger partial charge in [-0.3, -0.25) is 4.79 Å². The summed E-state index contributed by atoms with van der Waals surface area (Å²) in [5.74, 6) is 3.50. The highest BCUT2D eigenvalue weighted by Gasteiger charge is 2.08. The number of rotatable bonds is 6. The van der Waals surface area contributed by atoms with Crippen LogP contribution < -0.4 is 4.74 Å². The Balaban J connectivity index is 2.27. The van der Waals surface area contributed by atoms with E-state index in [-0.39, 0.29) is 5.78 Å². The molecule has 0 radical (unpaired) electrons. The molecule has 0 N–H and O–H groups in total. The molecule has 3 nitrogen and oxygen atoms in total. The summed E-state index contributed by atoms with van der Waals surface area (Å²) in [7, 11) is 0.174. The molecule has 1 rings (SSSR count). The number of benzene rings is 1. The minimum absolute atomic E-state index is 0.0397. The minimum atomic E-state index is -1.46. The van der Waals surface area contributed by atoms with Crippen LogP contribution in [0.4, 0.5) is 0 Å². The lowest BCUT2D eigenvalue weighted by Gasteiger charge is -2.05. The van der Waals surface area contributed by atoms with Gasteiger partial charge in [0.2, 0.25) is 5.78 Å². The van der Waals surface area contributed by atoms with Gasteiger partial charge in [0.25, 0.3) is 0 Å². The Labute approximate surface area is 122 Å². The zero-order valence-electron chi connectivity index (χ0n) is 12.7. The highest BCUT2D eigenvalue weighted by molar-refractivity contribution is 6.84. The predicted molar refractivity (Wildman–Crippen MR) is 83.4 cm³/mol. The lowest BCUT2D eigenvalue weighted by Crippen LogP contribution is -2.17. The molecule has 0 heterocycles. The van der Waals surface area contributed by atoms with E-state index >= 15 is 0 Å². The monoisotopic (exact) mass is 290 g/mol. The van der Waals surface area contributed by atoms with Crippen molar-refractivity contribution >= 4 is 13.9 Å². The van der Waals surface area contributed by atoms with Crippen molar-refractivity contribution in [3.8, 4) is 17.2 Å². The third kappa shape index (κ3) is 7.12. The van der Waals surface area contributed by atoms with Crippen molar-refractivity contribution in [3.05, 3.63) is 29.8 Å². The SMILES string of the molecule is COc1ccc(COCCC(=O)C#C[Si](C)(C)C)cc1. The number of ketones is 1. The van der Waals surface area contributed by atoms with Crippen molar-refractivity contribution in [3.63, 3.8) is 0 Å². The molecule has 0 unspecified atom stereocenters. The molecule has 0 amide bonds. The summed E-state index contributed by atoms with van der Waals surface area (Å²) in [4.78, 5) is 11.5.